The molecule has 6 nitrogen and oxygen atoms in total. The number of para-hydroxylation sites is 2. The fourth-order valence-electron chi connectivity index (χ4n) is 2.57. The lowest BCUT2D eigenvalue weighted by molar-refractivity contribution is -0.132. The highest BCUT2D eigenvalue weighted by atomic mass is 16.5. The lowest BCUT2D eigenvalue weighted by Gasteiger charge is -2.15. The average Bonchev–Trinajstić information content (AvgIpc) is 2.65. The predicted molar refractivity (Wildman–Crippen MR) is 101 cm³/mol. The van der Waals surface area contributed by atoms with E-state index in [4.69, 9.17) is 24.6 Å². The first-order chi connectivity index (χ1) is 13.0. The van der Waals surface area contributed by atoms with Crippen LogP contribution in [0.15, 0.2) is 42.0 Å². The number of carboxylic acid groups (broad SMARTS) is 1. The topological polar surface area (TPSA) is 88.8 Å². The van der Waals surface area contributed by atoms with E-state index in [9.17, 15) is 4.79 Å². The zero-order valence-corrected chi connectivity index (χ0v) is 15.5. The molecule has 0 fully saturated rings. The molecular weight excluding hydrogens is 346 g/mol. The molecule has 0 unspecified atom stereocenters. The number of aryl methyl sites for hydroxylation is 2. The van der Waals surface area contributed by atoms with Crippen molar-refractivity contribution in [2.75, 3.05) is 20.3 Å². The van der Waals surface area contributed by atoms with Crippen LogP contribution in [0, 0.1) is 25.2 Å². The van der Waals surface area contributed by atoms with Crippen LogP contribution < -0.4 is 14.2 Å². The third-order valence-corrected chi connectivity index (χ3v) is 3.86. The number of ether oxygens (including phenoxy) is 3. The first kappa shape index (κ1) is 19.9. The van der Waals surface area contributed by atoms with Crippen molar-refractivity contribution in [2.24, 2.45) is 0 Å². The van der Waals surface area contributed by atoms with Gasteiger partial charge < -0.3 is 19.3 Å². The van der Waals surface area contributed by atoms with Crippen LogP contribution in [0.25, 0.3) is 6.08 Å². The number of hydrogen-bond donors (Lipinski definition) is 1. The summed E-state index contributed by atoms with van der Waals surface area (Å²) < 4.78 is 16.9. The van der Waals surface area contributed by atoms with Crippen molar-refractivity contribution < 1.29 is 24.1 Å². The first-order valence-electron chi connectivity index (χ1n) is 8.31. The van der Waals surface area contributed by atoms with Crippen LogP contribution in [0.4, 0.5) is 0 Å². The molecule has 0 aromatic heterocycles. The highest BCUT2D eigenvalue weighted by molar-refractivity contribution is 5.97. The summed E-state index contributed by atoms with van der Waals surface area (Å²) in [6.45, 7) is 4.48. The molecule has 0 aliphatic rings. The van der Waals surface area contributed by atoms with E-state index in [0.29, 0.717) is 23.7 Å². The molecule has 0 amide bonds. The van der Waals surface area contributed by atoms with Crippen molar-refractivity contribution in [1.29, 1.82) is 5.26 Å². The Balaban J connectivity index is 2.16. The zero-order valence-electron chi connectivity index (χ0n) is 15.5. The van der Waals surface area contributed by atoms with Gasteiger partial charge in [0.05, 0.1) is 7.11 Å². The van der Waals surface area contributed by atoms with Crippen LogP contribution in [-0.4, -0.2) is 31.4 Å². The smallest absolute Gasteiger partial charge is 0.346 e. The second kappa shape index (κ2) is 9.30. The van der Waals surface area contributed by atoms with Gasteiger partial charge in [-0.15, -0.1) is 0 Å². The summed E-state index contributed by atoms with van der Waals surface area (Å²) in [6, 6.07) is 12.6. The molecule has 0 radical (unpaired) electrons. The van der Waals surface area contributed by atoms with Crippen molar-refractivity contribution in [1.82, 2.24) is 0 Å². The van der Waals surface area contributed by atoms with Gasteiger partial charge in [-0.05, 0) is 37.1 Å². The van der Waals surface area contributed by atoms with Crippen molar-refractivity contribution in [3.63, 3.8) is 0 Å². The second-order valence-electron chi connectivity index (χ2n) is 5.77. The largest absolute Gasteiger partial charge is 0.493 e. The molecule has 0 spiro atoms. The lowest BCUT2D eigenvalue weighted by atomic mass is 10.1. The van der Waals surface area contributed by atoms with E-state index >= 15 is 0 Å². The summed E-state index contributed by atoms with van der Waals surface area (Å²) in [6.07, 6.45) is 1.26. The van der Waals surface area contributed by atoms with Gasteiger partial charge in [-0.25, -0.2) is 4.79 Å². The van der Waals surface area contributed by atoms with Gasteiger partial charge in [0.1, 0.15) is 30.6 Å². The van der Waals surface area contributed by atoms with Gasteiger partial charge in [-0.3, -0.25) is 0 Å². The highest BCUT2D eigenvalue weighted by Crippen LogP contribution is 2.32. The number of benzene rings is 2. The Labute approximate surface area is 158 Å². The number of carbonyl (C=O) groups is 1. The maximum absolute atomic E-state index is 11.1. The number of carboxylic acids is 1. The van der Waals surface area contributed by atoms with Crippen LogP contribution in [0.2, 0.25) is 0 Å². The van der Waals surface area contributed by atoms with Gasteiger partial charge in [-0.2, -0.15) is 5.26 Å². The number of nitrogens with zero attached hydrogens (tertiary/aromatic N) is 1. The molecule has 0 saturated carbocycles. The van der Waals surface area contributed by atoms with Gasteiger partial charge >= 0.3 is 5.97 Å². The molecule has 1 N–H and O–H groups in total. The van der Waals surface area contributed by atoms with Crippen molar-refractivity contribution in [3.8, 4) is 23.3 Å². The molecule has 2 aromatic rings. The Hall–Kier alpha value is -3.46. The van der Waals surface area contributed by atoms with Crippen molar-refractivity contribution in [2.45, 2.75) is 13.8 Å². The van der Waals surface area contributed by atoms with Crippen molar-refractivity contribution in [3.05, 3.63) is 58.7 Å². The Morgan fingerprint density at radius 1 is 1.07 bits per heavy atom. The van der Waals surface area contributed by atoms with E-state index in [2.05, 4.69) is 0 Å². The third-order valence-electron chi connectivity index (χ3n) is 3.86. The van der Waals surface area contributed by atoms with Gasteiger partial charge in [0.2, 0.25) is 0 Å². The van der Waals surface area contributed by atoms with E-state index in [1.165, 1.54) is 13.2 Å². The molecule has 27 heavy (non-hydrogen) atoms. The van der Waals surface area contributed by atoms with E-state index in [0.717, 1.165) is 16.9 Å². The fraction of sp³-hybridized carbons (Fsp3) is 0.238. The highest BCUT2D eigenvalue weighted by Gasteiger charge is 2.13. The fourth-order valence-corrected chi connectivity index (χ4v) is 2.57. The number of methoxy groups -OCH3 is 1. The Morgan fingerprint density at radius 3 is 2.22 bits per heavy atom. The zero-order chi connectivity index (χ0) is 19.8. The first-order valence-corrected chi connectivity index (χ1v) is 8.31. The predicted octanol–water partition coefficient (Wildman–Crippen LogP) is 3.76. The summed E-state index contributed by atoms with van der Waals surface area (Å²) >= 11 is 0. The van der Waals surface area contributed by atoms with E-state index < -0.39 is 5.97 Å². The molecule has 0 heterocycles. The number of rotatable bonds is 8. The van der Waals surface area contributed by atoms with Crippen LogP contribution >= 0.6 is 0 Å². The minimum absolute atomic E-state index is 0.226. The average molecular weight is 367 g/mol. The molecule has 2 rings (SSSR count). The van der Waals surface area contributed by atoms with Gasteiger partial charge in [0, 0.05) is 5.56 Å². The monoisotopic (exact) mass is 367 g/mol. The van der Waals surface area contributed by atoms with E-state index in [1.807, 2.05) is 32.0 Å². The molecule has 0 atom stereocenters. The summed E-state index contributed by atoms with van der Waals surface area (Å²) in [7, 11) is 1.49. The summed E-state index contributed by atoms with van der Waals surface area (Å²) in [5.74, 6) is 0.320. The van der Waals surface area contributed by atoms with Gasteiger partial charge in [0.25, 0.3) is 0 Å². The molecule has 0 aliphatic heterocycles. The molecule has 140 valence electrons. The Kier molecular flexibility index (Phi) is 6.84. The number of aliphatic carboxylic acids is 1. The SMILES string of the molecule is COc1cccc(C=C(C#N)C(=O)O)c1OCCOc1c(C)cccc1C. The summed E-state index contributed by atoms with van der Waals surface area (Å²) in [5, 5.41) is 18.0. The molecule has 6 heteroatoms. The normalized spacial score (nSPS) is 10.8. The maximum Gasteiger partial charge on any atom is 0.346 e. The van der Waals surface area contributed by atoms with Gasteiger partial charge in [0.15, 0.2) is 11.5 Å². The molecule has 0 saturated heterocycles. The number of hydrogen-bond acceptors (Lipinski definition) is 5. The molecule has 2 aromatic carbocycles. The maximum atomic E-state index is 11.1. The van der Waals surface area contributed by atoms with Crippen LogP contribution in [0.1, 0.15) is 16.7 Å². The lowest BCUT2D eigenvalue weighted by Crippen LogP contribution is -2.11. The van der Waals surface area contributed by atoms with Crippen LogP contribution in [-0.2, 0) is 4.79 Å². The Morgan fingerprint density at radius 2 is 1.67 bits per heavy atom. The van der Waals surface area contributed by atoms with Gasteiger partial charge in [-0.1, -0.05) is 30.3 Å². The third kappa shape index (κ3) is 5.02. The molecule has 0 aliphatic carbocycles. The van der Waals surface area contributed by atoms with E-state index in [1.54, 1.807) is 24.3 Å². The minimum atomic E-state index is -1.30. The summed E-state index contributed by atoms with van der Waals surface area (Å²) in [5.41, 5.74) is 2.13. The van der Waals surface area contributed by atoms with E-state index in [-0.39, 0.29) is 12.2 Å². The number of nitriles is 1. The second-order valence-corrected chi connectivity index (χ2v) is 5.77. The van der Waals surface area contributed by atoms with Crippen molar-refractivity contribution >= 4 is 12.0 Å². The van der Waals surface area contributed by atoms with Crippen LogP contribution in [0.3, 0.4) is 0 Å². The quantitative estimate of drug-likeness (QED) is 0.434. The summed E-state index contributed by atoms with van der Waals surface area (Å²) in [4.78, 5) is 11.1. The molecule has 0 bridgehead atoms. The molecular formula is C21H21NO5. The standard InChI is InChI=1S/C21H21NO5/c1-14-6-4-7-15(2)19(14)26-10-11-27-20-16(8-5-9-18(20)25-3)12-17(13-22)21(23)24/h4-9,12H,10-11H2,1-3H3,(H,23,24). The Bertz CT molecular complexity index is 876. The van der Waals surface area contributed by atoms with Crippen LogP contribution in [0.5, 0.6) is 17.2 Å². The minimum Gasteiger partial charge on any atom is -0.493 e.